The number of nitrogens with two attached hydrogens (primary N) is 1. The summed E-state index contributed by atoms with van der Waals surface area (Å²) < 4.78 is 0. The second-order valence-electron chi connectivity index (χ2n) is 6.97. The van der Waals surface area contributed by atoms with Gasteiger partial charge in [0, 0.05) is 11.3 Å². The van der Waals surface area contributed by atoms with Crippen LogP contribution in [0.1, 0.15) is 36.9 Å². The molecule has 0 saturated heterocycles. The highest BCUT2D eigenvalue weighted by Gasteiger charge is 2.39. The van der Waals surface area contributed by atoms with Gasteiger partial charge in [-0.05, 0) is 55.9 Å². The molecule has 1 heterocycles. The van der Waals surface area contributed by atoms with Crippen molar-refractivity contribution in [3.05, 3.63) is 35.5 Å². The van der Waals surface area contributed by atoms with E-state index in [2.05, 4.69) is 41.4 Å². The number of aryl methyl sites for hydroxylation is 1. The first kappa shape index (κ1) is 12.9. The molecule has 0 spiro atoms. The van der Waals surface area contributed by atoms with Crippen molar-refractivity contribution in [2.24, 2.45) is 17.8 Å². The van der Waals surface area contributed by atoms with Crippen molar-refractivity contribution in [3.8, 4) is 11.1 Å². The van der Waals surface area contributed by atoms with Gasteiger partial charge in [-0.3, -0.25) is 5.10 Å². The Hall–Kier alpha value is -1.77. The Balaban J connectivity index is 1.63. The van der Waals surface area contributed by atoms with Crippen LogP contribution in [0.4, 0.5) is 5.82 Å². The van der Waals surface area contributed by atoms with E-state index >= 15 is 0 Å². The summed E-state index contributed by atoms with van der Waals surface area (Å²) in [7, 11) is 0. The maximum atomic E-state index is 6.12. The molecule has 2 aliphatic rings. The smallest absolute Gasteiger partial charge is 0.153 e. The van der Waals surface area contributed by atoms with Crippen LogP contribution in [0.25, 0.3) is 11.1 Å². The molecule has 0 radical (unpaired) electrons. The van der Waals surface area contributed by atoms with E-state index in [-0.39, 0.29) is 0 Å². The van der Waals surface area contributed by atoms with E-state index in [4.69, 9.17) is 5.73 Å². The van der Waals surface area contributed by atoms with E-state index in [1.54, 1.807) is 0 Å². The van der Waals surface area contributed by atoms with Crippen LogP contribution in [0.2, 0.25) is 0 Å². The lowest BCUT2D eigenvalue weighted by atomic mass is 9.84. The molecule has 3 N–H and O–H groups in total. The molecule has 0 aliphatic heterocycles. The Labute approximate surface area is 125 Å². The van der Waals surface area contributed by atoms with Gasteiger partial charge in [-0.25, -0.2) is 0 Å². The van der Waals surface area contributed by atoms with Crippen LogP contribution in [0.15, 0.2) is 24.3 Å². The Bertz CT molecular complexity index is 641. The molecule has 0 amide bonds. The van der Waals surface area contributed by atoms with Crippen LogP contribution in [0.5, 0.6) is 0 Å². The predicted molar refractivity (Wildman–Crippen MR) is 85.8 cm³/mol. The number of H-pyrrole nitrogens is 1. The normalized spacial score (nSPS) is 27.4. The van der Waals surface area contributed by atoms with Crippen LogP contribution >= 0.6 is 0 Å². The highest BCUT2D eigenvalue weighted by molar-refractivity contribution is 5.76. The first-order valence-corrected chi connectivity index (χ1v) is 8.10. The summed E-state index contributed by atoms with van der Waals surface area (Å²) in [6.45, 7) is 2.11. The molecule has 1 aromatic heterocycles. The van der Waals surface area contributed by atoms with E-state index in [1.807, 2.05) is 0 Å². The first-order valence-electron chi connectivity index (χ1n) is 8.10. The zero-order chi connectivity index (χ0) is 14.4. The minimum absolute atomic E-state index is 0.636. The first-order chi connectivity index (χ1) is 10.2. The van der Waals surface area contributed by atoms with Gasteiger partial charge in [0.25, 0.3) is 0 Å². The van der Waals surface area contributed by atoms with Gasteiger partial charge in [0.2, 0.25) is 0 Å². The number of nitrogen functional groups attached to an aromatic ring is 1. The molecule has 21 heavy (non-hydrogen) atoms. The van der Waals surface area contributed by atoms with Gasteiger partial charge >= 0.3 is 0 Å². The number of anilines is 1. The summed E-state index contributed by atoms with van der Waals surface area (Å²) in [6.07, 6.45) is 6.84. The summed E-state index contributed by atoms with van der Waals surface area (Å²) >= 11 is 0. The fraction of sp³-hybridized carbons (Fsp3) is 0.500. The van der Waals surface area contributed by atoms with Gasteiger partial charge in [0.05, 0.1) is 0 Å². The fourth-order valence-electron chi connectivity index (χ4n) is 4.47. The standard InChI is InChI=1S/C18H23N3/c1-11-2-5-13(6-3-11)17-16(20-21-18(17)19)10-15-9-12-4-7-14(15)8-12/h2-3,5-6,12,14-15H,4,7-10H2,1H3,(H3,19,20,21). The van der Waals surface area contributed by atoms with Crippen LogP contribution in [0, 0.1) is 24.7 Å². The van der Waals surface area contributed by atoms with Gasteiger partial charge in [-0.2, -0.15) is 5.10 Å². The van der Waals surface area contributed by atoms with Gasteiger partial charge in [0.15, 0.2) is 5.82 Å². The number of aromatic nitrogens is 2. The topological polar surface area (TPSA) is 54.7 Å². The number of fused-ring (bicyclic) bond motifs is 2. The van der Waals surface area contributed by atoms with Crippen LogP contribution < -0.4 is 5.73 Å². The molecule has 3 unspecified atom stereocenters. The Kier molecular flexibility index (Phi) is 3.02. The van der Waals surface area contributed by atoms with Crippen LogP contribution in [-0.2, 0) is 6.42 Å². The van der Waals surface area contributed by atoms with E-state index in [9.17, 15) is 0 Å². The van der Waals surface area contributed by atoms with Gasteiger partial charge in [-0.1, -0.05) is 36.2 Å². The van der Waals surface area contributed by atoms with Crippen molar-refractivity contribution in [1.82, 2.24) is 10.2 Å². The van der Waals surface area contributed by atoms with Crippen molar-refractivity contribution in [3.63, 3.8) is 0 Å². The third-order valence-corrected chi connectivity index (χ3v) is 5.56. The Morgan fingerprint density at radius 2 is 2.00 bits per heavy atom. The third kappa shape index (κ3) is 2.25. The van der Waals surface area contributed by atoms with Crippen LogP contribution in [-0.4, -0.2) is 10.2 Å². The number of aromatic amines is 1. The van der Waals surface area contributed by atoms with E-state index in [0.29, 0.717) is 5.82 Å². The number of benzene rings is 1. The predicted octanol–water partition coefficient (Wildman–Crippen LogP) is 3.95. The lowest BCUT2D eigenvalue weighted by Crippen LogP contribution is -2.13. The molecule has 2 bridgehead atoms. The Morgan fingerprint density at radius 1 is 1.19 bits per heavy atom. The minimum atomic E-state index is 0.636. The third-order valence-electron chi connectivity index (χ3n) is 5.56. The molecule has 4 rings (SSSR count). The summed E-state index contributed by atoms with van der Waals surface area (Å²) in [5.41, 5.74) is 10.9. The lowest BCUT2D eigenvalue weighted by molar-refractivity contribution is 0.329. The number of hydrogen-bond donors (Lipinski definition) is 2. The summed E-state index contributed by atoms with van der Waals surface area (Å²) in [5, 5.41) is 7.47. The van der Waals surface area contributed by atoms with E-state index in [0.717, 1.165) is 29.7 Å². The van der Waals surface area contributed by atoms with Gasteiger partial charge < -0.3 is 5.73 Å². The molecule has 110 valence electrons. The average molecular weight is 281 g/mol. The highest BCUT2D eigenvalue weighted by Crippen LogP contribution is 2.49. The molecule has 2 aliphatic carbocycles. The summed E-state index contributed by atoms with van der Waals surface area (Å²) in [4.78, 5) is 0. The quantitative estimate of drug-likeness (QED) is 0.895. The minimum Gasteiger partial charge on any atom is -0.382 e. The van der Waals surface area contributed by atoms with Crippen molar-refractivity contribution >= 4 is 5.82 Å². The number of hydrogen-bond acceptors (Lipinski definition) is 2. The number of nitrogens with zero attached hydrogens (tertiary/aromatic N) is 1. The van der Waals surface area contributed by atoms with E-state index in [1.165, 1.54) is 42.5 Å². The molecule has 3 heteroatoms. The van der Waals surface area contributed by atoms with Crippen molar-refractivity contribution in [2.75, 3.05) is 5.73 Å². The largest absolute Gasteiger partial charge is 0.382 e. The average Bonchev–Trinajstić information content (AvgIpc) is 3.17. The highest BCUT2D eigenvalue weighted by atomic mass is 15.2. The molecule has 3 nitrogen and oxygen atoms in total. The number of rotatable bonds is 3. The molecule has 2 fully saturated rings. The van der Waals surface area contributed by atoms with Crippen molar-refractivity contribution < 1.29 is 0 Å². The molecule has 2 aromatic rings. The Morgan fingerprint density at radius 3 is 2.67 bits per heavy atom. The second kappa shape index (κ2) is 4.90. The molecule has 2 saturated carbocycles. The summed E-state index contributed by atoms with van der Waals surface area (Å²) in [5.74, 6) is 3.39. The van der Waals surface area contributed by atoms with Crippen LogP contribution in [0.3, 0.4) is 0 Å². The second-order valence-corrected chi connectivity index (χ2v) is 6.97. The summed E-state index contributed by atoms with van der Waals surface area (Å²) in [6, 6.07) is 8.59. The lowest BCUT2D eigenvalue weighted by Gasteiger charge is -2.21. The molecular weight excluding hydrogens is 258 g/mol. The maximum absolute atomic E-state index is 6.12. The zero-order valence-corrected chi connectivity index (χ0v) is 12.6. The number of nitrogens with one attached hydrogen (secondary N) is 1. The monoisotopic (exact) mass is 281 g/mol. The van der Waals surface area contributed by atoms with Gasteiger partial charge in [-0.15, -0.1) is 0 Å². The van der Waals surface area contributed by atoms with Crippen molar-refractivity contribution in [2.45, 2.75) is 39.0 Å². The van der Waals surface area contributed by atoms with Crippen molar-refractivity contribution in [1.29, 1.82) is 0 Å². The fourth-order valence-corrected chi connectivity index (χ4v) is 4.47. The molecule has 1 aromatic carbocycles. The molecule has 3 atom stereocenters. The molecular formula is C18H23N3. The van der Waals surface area contributed by atoms with Gasteiger partial charge in [0.1, 0.15) is 0 Å². The zero-order valence-electron chi connectivity index (χ0n) is 12.6. The van der Waals surface area contributed by atoms with E-state index < -0.39 is 0 Å². The maximum Gasteiger partial charge on any atom is 0.153 e. The SMILES string of the molecule is Cc1ccc(-c2c(N)n[nH]c2CC2CC3CCC2C3)cc1.